The first-order valence-corrected chi connectivity index (χ1v) is 6.48. The van der Waals surface area contributed by atoms with Crippen molar-refractivity contribution in [3.05, 3.63) is 65.2 Å². The average Bonchev–Trinajstić information content (AvgIpc) is 2.47. The number of nitrogens with one attached hydrogen (secondary N) is 1. The van der Waals surface area contributed by atoms with Gasteiger partial charge in [-0.2, -0.15) is 0 Å². The normalized spacial score (nSPS) is 10.3. The summed E-state index contributed by atoms with van der Waals surface area (Å²) in [5.74, 6) is -0.990. The molecule has 0 radical (unpaired) electrons. The maximum atomic E-state index is 11.9. The highest BCUT2D eigenvalue weighted by molar-refractivity contribution is 5.98. The molecule has 2 aromatic carbocycles. The Bertz CT molecular complexity index is 651. The smallest absolute Gasteiger partial charge is 0.335 e. The molecule has 0 aliphatic carbocycles. The minimum absolute atomic E-state index is 0.0375. The van der Waals surface area contributed by atoms with E-state index in [1.54, 1.807) is 48.5 Å². The van der Waals surface area contributed by atoms with Crippen molar-refractivity contribution in [1.29, 1.82) is 0 Å². The summed E-state index contributed by atoms with van der Waals surface area (Å²) in [6.45, 7) is 0.693. The first-order chi connectivity index (χ1) is 10.1. The SMILES string of the molecule is Nc1cccc(C(=O)CNCc2ccc(C(=O)O)cc2)c1. The molecule has 0 amide bonds. The van der Waals surface area contributed by atoms with Gasteiger partial charge in [-0.15, -0.1) is 0 Å². The number of carboxylic acids is 1. The van der Waals surface area contributed by atoms with Crippen molar-refractivity contribution in [1.82, 2.24) is 5.32 Å². The summed E-state index contributed by atoms with van der Waals surface area (Å²) in [5, 5.41) is 11.8. The van der Waals surface area contributed by atoms with Crippen molar-refractivity contribution in [2.45, 2.75) is 6.54 Å². The molecule has 0 unspecified atom stereocenters. The van der Waals surface area contributed by atoms with Crippen LogP contribution in [-0.4, -0.2) is 23.4 Å². The number of carboxylic acid groups (broad SMARTS) is 1. The largest absolute Gasteiger partial charge is 0.478 e. The number of ketones is 1. The molecule has 0 aromatic heterocycles. The van der Waals surface area contributed by atoms with Gasteiger partial charge in [-0.25, -0.2) is 4.79 Å². The average molecular weight is 284 g/mol. The number of benzene rings is 2. The predicted molar refractivity (Wildman–Crippen MR) is 80.3 cm³/mol. The Balaban J connectivity index is 1.86. The zero-order chi connectivity index (χ0) is 15.2. The van der Waals surface area contributed by atoms with Crippen LogP contribution in [0.4, 0.5) is 5.69 Å². The van der Waals surface area contributed by atoms with Gasteiger partial charge in [-0.3, -0.25) is 4.79 Å². The Morgan fingerprint density at radius 1 is 1.05 bits per heavy atom. The van der Waals surface area contributed by atoms with Gasteiger partial charge in [0.25, 0.3) is 0 Å². The highest BCUT2D eigenvalue weighted by Crippen LogP contribution is 2.07. The summed E-state index contributed by atoms with van der Waals surface area (Å²) in [7, 11) is 0. The number of Topliss-reactive ketones (excluding diaryl/α,β-unsaturated/α-hetero) is 1. The fraction of sp³-hybridized carbons (Fsp3) is 0.125. The molecular weight excluding hydrogens is 268 g/mol. The van der Waals surface area contributed by atoms with Crippen LogP contribution in [0.5, 0.6) is 0 Å². The molecule has 0 aliphatic rings. The number of anilines is 1. The van der Waals surface area contributed by atoms with E-state index in [1.807, 2.05) is 0 Å². The van der Waals surface area contributed by atoms with E-state index in [0.717, 1.165) is 5.56 Å². The topological polar surface area (TPSA) is 92.4 Å². The summed E-state index contributed by atoms with van der Waals surface area (Å²) in [4.78, 5) is 22.7. The molecule has 2 aromatic rings. The molecule has 0 atom stereocenters. The van der Waals surface area contributed by atoms with E-state index >= 15 is 0 Å². The molecule has 0 fully saturated rings. The third-order valence-electron chi connectivity index (χ3n) is 3.02. The molecule has 5 nitrogen and oxygen atoms in total. The van der Waals surface area contributed by atoms with Crippen molar-refractivity contribution in [3.8, 4) is 0 Å². The summed E-state index contributed by atoms with van der Waals surface area (Å²) >= 11 is 0. The molecule has 4 N–H and O–H groups in total. The van der Waals surface area contributed by atoms with Crippen LogP contribution in [0.2, 0.25) is 0 Å². The Hall–Kier alpha value is -2.66. The van der Waals surface area contributed by atoms with Gasteiger partial charge in [0.1, 0.15) is 0 Å². The highest BCUT2D eigenvalue weighted by Gasteiger charge is 2.06. The van der Waals surface area contributed by atoms with Crippen molar-refractivity contribution >= 4 is 17.4 Å². The first kappa shape index (κ1) is 14.7. The molecule has 0 saturated carbocycles. The second-order valence-electron chi connectivity index (χ2n) is 4.65. The Morgan fingerprint density at radius 2 is 1.76 bits per heavy atom. The molecule has 0 saturated heterocycles. The third-order valence-corrected chi connectivity index (χ3v) is 3.02. The quantitative estimate of drug-likeness (QED) is 0.557. The van der Waals surface area contributed by atoms with E-state index < -0.39 is 5.97 Å². The Kier molecular flexibility index (Phi) is 4.68. The van der Waals surface area contributed by atoms with Gasteiger partial charge in [0.2, 0.25) is 0 Å². The maximum Gasteiger partial charge on any atom is 0.335 e. The molecule has 108 valence electrons. The standard InChI is InChI=1S/C16H16N2O3/c17-14-3-1-2-13(8-14)15(19)10-18-9-11-4-6-12(7-5-11)16(20)21/h1-8,18H,9-10,17H2,(H,20,21). The van der Waals surface area contributed by atoms with Gasteiger partial charge in [0.15, 0.2) is 5.78 Å². The fourth-order valence-corrected chi connectivity index (χ4v) is 1.90. The van der Waals surface area contributed by atoms with Gasteiger partial charge in [-0.05, 0) is 29.8 Å². The minimum Gasteiger partial charge on any atom is -0.478 e. The van der Waals surface area contributed by atoms with Gasteiger partial charge in [-0.1, -0.05) is 24.3 Å². The van der Waals surface area contributed by atoms with E-state index in [4.69, 9.17) is 10.8 Å². The fourth-order valence-electron chi connectivity index (χ4n) is 1.90. The van der Waals surface area contributed by atoms with Crippen LogP contribution >= 0.6 is 0 Å². The summed E-state index contributed by atoms with van der Waals surface area (Å²) in [6.07, 6.45) is 0. The number of nitrogens with two attached hydrogens (primary N) is 1. The lowest BCUT2D eigenvalue weighted by Crippen LogP contribution is -2.22. The van der Waals surface area contributed by atoms with Gasteiger partial charge in [0.05, 0.1) is 12.1 Å². The number of aromatic carboxylic acids is 1. The molecule has 21 heavy (non-hydrogen) atoms. The Labute approximate surface area is 122 Å². The lowest BCUT2D eigenvalue weighted by molar-refractivity contribution is 0.0696. The van der Waals surface area contributed by atoms with Crippen LogP contribution < -0.4 is 11.1 Å². The lowest BCUT2D eigenvalue weighted by Gasteiger charge is -2.05. The van der Waals surface area contributed by atoms with Gasteiger partial charge in [0, 0.05) is 17.8 Å². The number of nitrogen functional groups attached to an aromatic ring is 1. The summed E-state index contributed by atoms with van der Waals surface area (Å²) in [6, 6.07) is 13.4. The number of carbonyl (C=O) groups excluding carboxylic acids is 1. The molecule has 0 heterocycles. The molecule has 0 bridgehead atoms. The van der Waals surface area contributed by atoms with Crippen molar-refractivity contribution in [2.24, 2.45) is 0 Å². The molecule has 0 spiro atoms. The molecule has 2 rings (SSSR count). The molecule has 5 heteroatoms. The van der Waals surface area contributed by atoms with E-state index in [2.05, 4.69) is 5.32 Å². The number of hydrogen-bond acceptors (Lipinski definition) is 4. The van der Waals surface area contributed by atoms with Crippen LogP contribution in [0.3, 0.4) is 0 Å². The van der Waals surface area contributed by atoms with Crippen molar-refractivity contribution in [2.75, 3.05) is 12.3 Å². The predicted octanol–water partition coefficient (Wildman–Crippen LogP) is 1.94. The summed E-state index contributed by atoms with van der Waals surface area (Å²) in [5.41, 5.74) is 7.93. The minimum atomic E-state index is -0.952. The van der Waals surface area contributed by atoms with E-state index in [1.165, 1.54) is 0 Å². The highest BCUT2D eigenvalue weighted by atomic mass is 16.4. The maximum absolute atomic E-state index is 11.9. The zero-order valence-corrected chi connectivity index (χ0v) is 11.4. The van der Waals surface area contributed by atoms with Crippen molar-refractivity contribution in [3.63, 3.8) is 0 Å². The zero-order valence-electron chi connectivity index (χ0n) is 11.4. The van der Waals surface area contributed by atoms with Crippen LogP contribution in [0.1, 0.15) is 26.3 Å². The lowest BCUT2D eigenvalue weighted by atomic mass is 10.1. The number of hydrogen-bond donors (Lipinski definition) is 3. The first-order valence-electron chi connectivity index (χ1n) is 6.48. The van der Waals surface area contributed by atoms with Crippen molar-refractivity contribution < 1.29 is 14.7 Å². The second kappa shape index (κ2) is 6.67. The number of carbonyl (C=O) groups is 2. The molecule has 0 aliphatic heterocycles. The van der Waals surface area contributed by atoms with E-state index in [-0.39, 0.29) is 17.9 Å². The van der Waals surface area contributed by atoms with Gasteiger partial charge >= 0.3 is 5.97 Å². The number of rotatable bonds is 6. The van der Waals surface area contributed by atoms with Crippen LogP contribution in [0.25, 0.3) is 0 Å². The van der Waals surface area contributed by atoms with Gasteiger partial charge < -0.3 is 16.2 Å². The van der Waals surface area contributed by atoms with Crippen LogP contribution in [0.15, 0.2) is 48.5 Å². The monoisotopic (exact) mass is 284 g/mol. The summed E-state index contributed by atoms with van der Waals surface area (Å²) < 4.78 is 0. The second-order valence-corrected chi connectivity index (χ2v) is 4.65. The van der Waals surface area contributed by atoms with Crippen LogP contribution in [-0.2, 0) is 6.54 Å². The third kappa shape index (κ3) is 4.15. The Morgan fingerprint density at radius 3 is 2.38 bits per heavy atom. The van der Waals surface area contributed by atoms with E-state index in [9.17, 15) is 9.59 Å². The van der Waals surface area contributed by atoms with Crippen LogP contribution in [0, 0.1) is 0 Å². The molecular formula is C16H16N2O3. The van der Waals surface area contributed by atoms with E-state index in [0.29, 0.717) is 17.8 Å².